The minimum atomic E-state index is -0.314. The quantitative estimate of drug-likeness (QED) is 0.694. The van der Waals surface area contributed by atoms with Gasteiger partial charge in [-0.25, -0.2) is 4.79 Å². The summed E-state index contributed by atoms with van der Waals surface area (Å²) >= 11 is 0. The van der Waals surface area contributed by atoms with Crippen LogP contribution in [-0.4, -0.2) is 42.9 Å². The lowest BCUT2D eigenvalue weighted by atomic mass is 10.2. The van der Waals surface area contributed by atoms with E-state index in [0.29, 0.717) is 13.1 Å². The Hall–Kier alpha value is -1.28. The highest BCUT2D eigenvalue weighted by Gasteiger charge is 2.33. The van der Waals surface area contributed by atoms with Gasteiger partial charge in [-0.2, -0.15) is 5.26 Å². The van der Waals surface area contributed by atoms with Crippen LogP contribution in [0.3, 0.4) is 0 Å². The van der Waals surface area contributed by atoms with E-state index in [1.165, 1.54) is 0 Å². The molecule has 0 spiro atoms. The number of ether oxygens (including phenoxy) is 2. The van der Waals surface area contributed by atoms with Crippen LogP contribution in [0.1, 0.15) is 19.3 Å². The van der Waals surface area contributed by atoms with Crippen LogP contribution in [0, 0.1) is 11.3 Å². The Kier molecular flexibility index (Phi) is 3.07. The third kappa shape index (κ3) is 2.39. The molecule has 0 aliphatic carbocycles. The van der Waals surface area contributed by atoms with Crippen molar-refractivity contribution in [3.8, 4) is 6.07 Å². The van der Waals surface area contributed by atoms with Crippen molar-refractivity contribution in [3.63, 3.8) is 0 Å². The average molecular weight is 210 g/mol. The molecule has 2 aliphatic heterocycles. The van der Waals surface area contributed by atoms with E-state index < -0.39 is 0 Å². The van der Waals surface area contributed by atoms with Gasteiger partial charge < -0.3 is 14.4 Å². The molecule has 2 heterocycles. The molecule has 82 valence electrons. The topological polar surface area (TPSA) is 62.6 Å². The van der Waals surface area contributed by atoms with E-state index in [1.54, 1.807) is 4.90 Å². The fraction of sp³-hybridized carbons (Fsp3) is 0.800. The summed E-state index contributed by atoms with van der Waals surface area (Å²) in [7, 11) is 0. The Morgan fingerprint density at radius 3 is 3.07 bits per heavy atom. The summed E-state index contributed by atoms with van der Waals surface area (Å²) in [4.78, 5) is 13.0. The summed E-state index contributed by atoms with van der Waals surface area (Å²) in [6.45, 7) is 1.90. The van der Waals surface area contributed by atoms with Crippen molar-refractivity contribution >= 4 is 6.09 Å². The summed E-state index contributed by atoms with van der Waals surface area (Å²) in [5.41, 5.74) is 0. The second-order valence-electron chi connectivity index (χ2n) is 3.91. The average Bonchev–Trinajstić information content (AvgIpc) is 2.79. The minimum absolute atomic E-state index is 0.151. The van der Waals surface area contributed by atoms with Crippen LogP contribution in [0.5, 0.6) is 0 Å². The number of nitriles is 1. The highest BCUT2D eigenvalue weighted by Crippen LogP contribution is 2.18. The lowest BCUT2D eigenvalue weighted by Gasteiger charge is -2.16. The van der Waals surface area contributed by atoms with E-state index in [2.05, 4.69) is 0 Å². The van der Waals surface area contributed by atoms with Gasteiger partial charge in [-0.05, 0) is 12.8 Å². The Labute approximate surface area is 88.6 Å². The fourth-order valence-corrected chi connectivity index (χ4v) is 1.97. The maximum absolute atomic E-state index is 11.4. The predicted molar refractivity (Wildman–Crippen MR) is 51.0 cm³/mol. The third-order valence-electron chi connectivity index (χ3n) is 2.72. The van der Waals surface area contributed by atoms with Gasteiger partial charge in [0.25, 0.3) is 0 Å². The molecule has 2 aliphatic rings. The largest absolute Gasteiger partial charge is 0.443 e. The molecular formula is C10H14N2O3. The number of amides is 1. The van der Waals surface area contributed by atoms with Crippen LogP contribution < -0.4 is 0 Å². The number of rotatable bonds is 3. The molecule has 2 saturated heterocycles. The van der Waals surface area contributed by atoms with E-state index >= 15 is 0 Å². The normalized spacial score (nSPS) is 30.3. The van der Waals surface area contributed by atoms with Crippen molar-refractivity contribution in [1.82, 2.24) is 4.90 Å². The zero-order chi connectivity index (χ0) is 10.7. The van der Waals surface area contributed by atoms with Gasteiger partial charge >= 0.3 is 6.09 Å². The lowest BCUT2D eigenvalue weighted by molar-refractivity contribution is 0.0824. The van der Waals surface area contributed by atoms with Crippen LogP contribution in [0.2, 0.25) is 0 Å². The van der Waals surface area contributed by atoms with Gasteiger partial charge in [0.2, 0.25) is 0 Å². The number of nitrogens with zero attached hydrogens (tertiary/aromatic N) is 2. The number of carbonyl (C=O) groups is 1. The second-order valence-corrected chi connectivity index (χ2v) is 3.91. The standard InChI is InChI=1S/C10H14N2O3/c11-4-3-9-7-12(10(13)15-9)6-8-2-1-5-14-8/h8-9H,1-3,5-7H2. The molecule has 2 unspecified atom stereocenters. The summed E-state index contributed by atoms with van der Waals surface area (Å²) in [6.07, 6.45) is 1.92. The molecule has 2 atom stereocenters. The van der Waals surface area contributed by atoms with Crippen LogP contribution in [0.25, 0.3) is 0 Å². The number of carbonyl (C=O) groups excluding carboxylic acids is 1. The van der Waals surface area contributed by atoms with Gasteiger partial charge in [0.1, 0.15) is 6.10 Å². The van der Waals surface area contributed by atoms with Crippen LogP contribution in [-0.2, 0) is 9.47 Å². The van der Waals surface area contributed by atoms with Crippen molar-refractivity contribution in [2.24, 2.45) is 0 Å². The van der Waals surface area contributed by atoms with Gasteiger partial charge in [-0.1, -0.05) is 0 Å². The van der Waals surface area contributed by atoms with E-state index in [4.69, 9.17) is 14.7 Å². The summed E-state index contributed by atoms with van der Waals surface area (Å²) in [6, 6.07) is 2.01. The molecule has 15 heavy (non-hydrogen) atoms. The van der Waals surface area contributed by atoms with E-state index in [1.807, 2.05) is 6.07 Å². The number of hydrogen-bond acceptors (Lipinski definition) is 4. The molecule has 1 amide bonds. The molecule has 0 aromatic carbocycles. The van der Waals surface area contributed by atoms with Crippen molar-refractivity contribution in [3.05, 3.63) is 0 Å². The predicted octanol–water partition coefficient (Wildman–Crippen LogP) is 0.900. The zero-order valence-corrected chi connectivity index (χ0v) is 8.52. The molecule has 5 nitrogen and oxygen atoms in total. The summed E-state index contributed by atoms with van der Waals surface area (Å²) in [5.74, 6) is 0. The van der Waals surface area contributed by atoms with Gasteiger partial charge in [-0.15, -0.1) is 0 Å². The summed E-state index contributed by atoms with van der Waals surface area (Å²) < 4.78 is 10.5. The molecule has 0 aromatic rings. The molecule has 2 rings (SSSR count). The Balaban J connectivity index is 1.82. The van der Waals surface area contributed by atoms with E-state index in [9.17, 15) is 4.79 Å². The van der Waals surface area contributed by atoms with Crippen molar-refractivity contribution in [2.45, 2.75) is 31.5 Å². The molecule has 0 N–H and O–H groups in total. The van der Waals surface area contributed by atoms with Gasteiger partial charge in [0, 0.05) is 6.61 Å². The first-order chi connectivity index (χ1) is 7.29. The number of hydrogen-bond donors (Lipinski definition) is 0. The zero-order valence-electron chi connectivity index (χ0n) is 8.52. The maximum Gasteiger partial charge on any atom is 0.410 e. The molecule has 2 fully saturated rings. The van der Waals surface area contributed by atoms with E-state index in [-0.39, 0.29) is 24.7 Å². The minimum Gasteiger partial charge on any atom is -0.443 e. The van der Waals surface area contributed by atoms with Crippen molar-refractivity contribution < 1.29 is 14.3 Å². The van der Waals surface area contributed by atoms with E-state index in [0.717, 1.165) is 19.4 Å². The molecule has 5 heteroatoms. The lowest BCUT2D eigenvalue weighted by Crippen LogP contribution is -2.33. The van der Waals surface area contributed by atoms with Crippen molar-refractivity contribution in [1.29, 1.82) is 5.26 Å². The maximum atomic E-state index is 11.4. The third-order valence-corrected chi connectivity index (χ3v) is 2.72. The van der Waals surface area contributed by atoms with Gasteiger partial charge in [0.15, 0.2) is 0 Å². The van der Waals surface area contributed by atoms with Crippen LogP contribution in [0.15, 0.2) is 0 Å². The van der Waals surface area contributed by atoms with Gasteiger partial charge in [-0.3, -0.25) is 0 Å². The highest BCUT2D eigenvalue weighted by atomic mass is 16.6. The molecule has 0 bridgehead atoms. The summed E-state index contributed by atoms with van der Waals surface area (Å²) in [5, 5.41) is 8.50. The Morgan fingerprint density at radius 1 is 1.53 bits per heavy atom. The fourth-order valence-electron chi connectivity index (χ4n) is 1.97. The van der Waals surface area contributed by atoms with Crippen LogP contribution in [0.4, 0.5) is 4.79 Å². The SMILES string of the molecule is N#CCC1CN(CC2CCCO2)C(=O)O1. The smallest absolute Gasteiger partial charge is 0.410 e. The Bertz CT molecular complexity index is 281. The Morgan fingerprint density at radius 2 is 2.40 bits per heavy atom. The molecular weight excluding hydrogens is 196 g/mol. The molecule has 0 aromatic heterocycles. The van der Waals surface area contributed by atoms with Crippen molar-refractivity contribution in [2.75, 3.05) is 19.7 Å². The molecule has 0 radical (unpaired) electrons. The number of cyclic esters (lactones) is 1. The van der Waals surface area contributed by atoms with Gasteiger partial charge in [0.05, 0.1) is 31.7 Å². The first-order valence-corrected chi connectivity index (χ1v) is 5.23. The first-order valence-electron chi connectivity index (χ1n) is 5.23. The molecule has 0 saturated carbocycles. The first kappa shape index (κ1) is 10.2. The highest BCUT2D eigenvalue weighted by molar-refractivity contribution is 5.69. The second kappa shape index (κ2) is 4.49. The monoisotopic (exact) mass is 210 g/mol. The van der Waals surface area contributed by atoms with Crippen LogP contribution >= 0.6 is 0 Å².